The molecule has 3 unspecified atom stereocenters. The number of aliphatic hydroxyl groups excluding tert-OH is 2. The number of fused-ring (bicyclic) bond motifs is 9. The first-order chi connectivity index (χ1) is 19.4. The molecule has 218 valence electrons. The number of likely N-dealkylation sites (N-methyl/N-ethyl adjacent to an activating group) is 1. The van der Waals surface area contributed by atoms with Crippen molar-refractivity contribution in [3.63, 3.8) is 0 Å². The molecule has 6 N–H and O–H groups in total. The van der Waals surface area contributed by atoms with Crippen LogP contribution in [-0.2, 0) is 16.0 Å². The van der Waals surface area contributed by atoms with Crippen molar-refractivity contribution in [3.05, 3.63) is 45.4 Å². The summed E-state index contributed by atoms with van der Waals surface area (Å²) in [5, 5.41) is 45.6. The van der Waals surface area contributed by atoms with Crippen molar-refractivity contribution in [3.8, 4) is 5.75 Å². The number of allylic oxidation sites excluding steroid dienone is 1. The molecular weight excluding hydrogens is 528 g/mol. The summed E-state index contributed by atoms with van der Waals surface area (Å²) in [6.45, 7) is 1.85. The molecule has 1 aromatic carbocycles. The summed E-state index contributed by atoms with van der Waals surface area (Å²) in [7, 11) is 5.26. The Labute approximate surface area is 237 Å². The lowest BCUT2D eigenvalue weighted by Crippen LogP contribution is -2.63. The molecule has 2 saturated heterocycles. The fourth-order valence-electron chi connectivity index (χ4n) is 9.29. The zero-order valence-electron chi connectivity index (χ0n) is 23.4. The summed E-state index contributed by atoms with van der Waals surface area (Å²) in [4.78, 5) is 46.1. The summed E-state index contributed by atoms with van der Waals surface area (Å²) in [6, 6.07) is 1.39. The predicted molar refractivity (Wildman–Crippen MR) is 148 cm³/mol. The van der Waals surface area contributed by atoms with Crippen molar-refractivity contribution < 1.29 is 34.8 Å². The van der Waals surface area contributed by atoms with E-state index in [-0.39, 0.29) is 29.3 Å². The molecule has 7 atom stereocenters. The number of phenols is 1. The Kier molecular flexibility index (Phi) is 5.53. The van der Waals surface area contributed by atoms with E-state index in [1.807, 2.05) is 7.05 Å². The number of aliphatic hydroxyl groups is 3. The van der Waals surface area contributed by atoms with E-state index in [9.17, 15) is 34.8 Å². The number of hydrogen-bond donors (Lipinski definition) is 5. The molecule has 3 aliphatic carbocycles. The van der Waals surface area contributed by atoms with Crippen molar-refractivity contribution in [1.82, 2.24) is 9.80 Å². The molecule has 7 rings (SSSR count). The number of Topliss-reactive ketones (excluding diaryl/α,β-unsaturated/α-hetero) is 2. The van der Waals surface area contributed by atoms with Crippen LogP contribution in [0.15, 0.2) is 28.7 Å². The van der Waals surface area contributed by atoms with Gasteiger partial charge in [0, 0.05) is 42.9 Å². The molecular formula is C30H36N4O7. The van der Waals surface area contributed by atoms with E-state index in [2.05, 4.69) is 9.80 Å². The molecule has 1 aromatic rings. The predicted octanol–water partition coefficient (Wildman–Crippen LogP) is 1.10. The monoisotopic (exact) mass is 564 g/mol. The third kappa shape index (κ3) is 3.22. The number of ketones is 2. The number of anilines is 1. The quantitative estimate of drug-likeness (QED) is 0.328. The number of phenolic OH excluding ortho intramolecular Hbond substituents is 1. The first kappa shape index (κ1) is 26.5. The standard InChI is InChI=1S/C30H36N4O7/c1-32(2)24-17-9-12-8-15-20(25(36)19(12)27(38)30(17,41)28(39)21(26(24)37)29(31)40)18(35)10-16-22-13(11-33(3)23(15)16)7-14-5-4-6-34(14)22/h10,12-14,17,22,24,35,37-38,41H,4-9,11H2,1-3H3,(H2,31,40)/t12-,13?,14?,17-,22?,24-,30+/m1/s1. The highest BCUT2D eigenvalue weighted by atomic mass is 16.3. The van der Waals surface area contributed by atoms with Gasteiger partial charge in [-0.3, -0.25) is 24.2 Å². The van der Waals surface area contributed by atoms with E-state index in [0.717, 1.165) is 37.2 Å². The van der Waals surface area contributed by atoms with Crippen molar-refractivity contribution in [1.29, 1.82) is 0 Å². The van der Waals surface area contributed by atoms with Crippen LogP contribution >= 0.6 is 0 Å². The second-order valence-electron chi connectivity index (χ2n) is 13.0. The third-order valence-electron chi connectivity index (χ3n) is 10.7. The maximum Gasteiger partial charge on any atom is 0.255 e. The van der Waals surface area contributed by atoms with E-state index in [1.165, 1.54) is 6.42 Å². The van der Waals surface area contributed by atoms with E-state index >= 15 is 0 Å². The van der Waals surface area contributed by atoms with Crippen LogP contribution < -0.4 is 10.6 Å². The SMILES string of the molecule is CN1CC2CC3CCCN3C2c2cc(O)c3c(c21)C[C@@H]1C[C@@H]2[C@@H](N(C)C)C(O)=C(C(N)=O)C(=O)[C@@]2(O)C(O)=C1C3=O. The van der Waals surface area contributed by atoms with Crippen molar-refractivity contribution in [2.45, 2.75) is 55.8 Å². The lowest BCUT2D eigenvalue weighted by molar-refractivity contribution is -0.148. The number of nitrogens with zero attached hydrogens (tertiary/aromatic N) is 3. The summed E-state index contributed by atoms with van der Waals surface area (Å²) in [5.74, 6) is -5.87. The second-order valence-corrected chi connectivity index (χ2v) is 13.0. The van der Waals surface area contributed by atoms with E-state index in [1.54, 1.807) is 25.1 Å². The molecule has 0 aromatic heterocycles. The van der Waals surface area contributed by atoms with Gasteiger partial charge < -0.3 is 31.1 Å². The van der Waals surface area contributed by atoms with Gasteiger partial charge in [-0.2, -0.15) is 0 Å². The summed E-state index contributed by atoms with van der Waals surface area (Å²) in [5.41, 5.74) is 4.59. The molecule has 2 fully saturated rings. The molecule has 0 saturated carbocycles. The van der Waals surface area contributed by atoms with Crippen LogP contribution in [0.4, 0.5) is 5.69 Å². The molecule has 41 heavy (non-hydrogen) atoms. The van der Waals surface area contributed by atoms with Crippen molar-refractivity contribution >= 4 is 23.2 Å². The minimum absolute atomic E-state index is 0.0748. The van der Waals surface area contributed by atoms with Gasteiger partial charge in [-0.05, 0) is 81.8 Å². The van der Waals surface area contributed by atoms with Crippen LogP contribution in [0, 0.1) is 17.8 Å². The third-order valence-corrected chi connectivity index (χ3v) is 10.7. The van der Waals surface area contributed by atoms with Gasteiger partial charge in [-0.1, -0.05) is 0 Å². The normalized spacial score (nSPS) is 36.2. The van der Waals surface area contributed by atoms with E-state index in [4.69, 9.17) is 5.73 Å². The maximum absolute atomic E-state index is 14.1. The van der Waals surface area contributed by atoms with E-state index in [0.29, 0.717) is 23.9 Å². The van der Waals surface area contributed by atoms with Crippen LogP contribution in [0.1, 0.15) is 53.2 Å². The van der Waals surface area contributed by atoms with E-state index < -0.39 is 58.0 Å². The fourth-order valence-corrected chi connectivity index (χ4v) is 9.29. The smallest absolute Gasteiger partial charge is 0.255 e. The van der Waals surface area contributed by atoms with Crippen LogP contribution in [0.25, 0.3) is 0 Å². The number of amides is 1. The Hall–Kier alpha value is -3.41. The number of benzene rings is 1. The fraction of sp³-hybridized carbons (Fsp3) is 0.567. The van der Waals surface area contributed by atoms with Gasteiger partial charge in [0.1, 0.15) is 22.8 Å². The first-order valence-corrected chi connectivity index (χ1v) is 14.4. The number of aromatic hydroxyl groups is 1. The largest absolute Gasteiger partial charge is 0.510 e. The van der Waals surface area contributed by atoms with Crippen LogP contribution in [0.5, 0.6) is 5.75 Å². The molecule has 3 heterocycles. The number of nitrogens with two attached hydrogens (primary N) is 1. The Morgan fingerprint density at radius 2 is 1.90 bits per heavy atom. The number of carbonyl (C=O) groups excluding carboxylic acids is 3. The maximum atomic E-state index is 14.1. The van der Waals surface area contributed by atoms with Gasteiger partial charge in [0.25, 0.3) is 5.91 Å². The molecule has 1 amide bonds. The Morgan fingerprint density at radius 1 is 1.17 bits per heavy atom. The minimum atomic E-state index is -2.63. The molecule has 3 aliphatic heterocycles. The molecule has 11 heteroatoms. The lowest BCUT2D eigenvalue weighted by Gasteiger charge is -2.50. The van der Waals surface area contributed by atoms with Gasteiger partial charge in [0.15, 0.2) is 11.4 Å². The minimum Gasteiger partial charge on any atom is -0.510 e. The van der Waals surface area contributed by atoms with Crippen molar-refractivity contribution in [2.24, 2.45) is 23.5 Å². The molecule has 0 radical (unpaired) electrons. The average molecular weight is 565 g/mol. The highest BCUT2D eigenvalue weighted by Gasteiger charge is 2.63. The second kappa shape index (κ2) is 8.56. The number of carbonyl (C=O) groups is 3. The lowest BCUT2D eigenvalue weighted by atomic mass is 9.58. The Bertz CT molecular complexity index is 1500. The van der Waals surface area contributed by atoms with Crippen LogP contribution in [-0.4, -0.2) is 99.6 Å². The van der Waals surface area contributed by atoms with Gasteiger partial charge in [-0.25, -0.2) is 0 Å². The summed E-state index contributed by atoms with van der Waals surface area (Å²) in [6.07, 6.45) is 3.82. The number of rotatable bonds is 2. The van der Waals surface area contributed by atoms with Crippen LogP contribution in [0.3, 0.4) is 0 Å². The molecule has 6 aliphatic rings. The highest BCUT2D eigenvalue weighted by molar-refractivity contribution is 6.25. The highest BCUT2D eigenvalue weighted by Crippen LogP contribution is 2.57. The molecule has 11 nitrogen and oxygen atoms in total. The summed E-state index contributed by atoms with van der Waals surface area (Å²) < 4.78 is 0. The van der Waals surface area contributed by atoms with Gasteiger partial charge >= 0.3 is 0 Å². The zero-order valence-corrected chi connectivity index (χ0v) is 23.4. The van der Waals surface area contributed by atoms with Gasteiger partial charge in [0.05, 0.1) is 11.6 Å². The summed E-state index contributed by atoms with van der Waals surface area (Å²) >= 11 is 0. The average Bonchev–Trinajstić information content (AvgIpc) is 3.46. The van der Waals surface area contributed by atoms with Gasteiger partial charge in [-0.15, -0.1) is 0 Å². The topological polar surface area (TPSA) is 168 Å². The Morgan fingerprint density at radius 3 is 2.59 bits per heavy atom. The Balaban J connectivity index is 1.39. The number of hydrogen-bond acceptors (Lipinski definition) is 10. The number of primary amides is 1. The van der Waals surface area contributed by atoms with Crippen molar-refractivity contribution in [2.75, 3.05) is 39.1 Å². The molecule has 0 bridgehead atoms. The first-order valence-electron chi connectivity index (χ1n) is 14.4. The zero-order chi connectivity index (χ0) is 29.3. The van der Waals surface area contributed by atoms with Gasteiger partial charge in [0.2, 0.25) is 5.78 Å². The molecule has 0 spiro atoms. The van der Waals surface area contributed by atoms with Crippen LogP contribution in [0.2, 0.25) is 0 Å².